The third-order valence-corrected chi connectivity index (χ3v) is 6.30. The summed E-state index contributed by atoms with van der Waals surface area (Å²) in [7, 11) is 1.56. The molecule has 0 bridgehead atoms. The number of carbonyl (C=O) groups excluding carboxylic acids is 3. The van der Waals surface area contributed by atoms with Gasteiger partial charge in [-0.05, 0) is 36.4 Å². The van der Waals surface area contributed by atoms with Crippen molar-refractivity contribution in [2.45, 2.75) is 18.6 Å². The second kappa shape index (κ2) is 8.74. The summed E-state index contributed by atoms with van der Waals surface area (Å²) in [5, 5.41) is 0. The van der Waals surface area contributed by atoms with Gasteiger partial charge in [-0.3, -0.25) is 19.3 Å². The molecule has 3 aliphatic rings. The van der Waals surface area contributed by atoms with E-state index in [9.17, 15) is 14.4 Å². The predicted octanol–water partition coefficient (Wildman–Crippen LogP) is 1.31. The lowest BCUT2D eigenvalue weighted by Gasteiger charge is -2.38. The molecule has 5 rings (SSSR count). The van der Waals surface area contributed by atoms with E-state index in [0.717, 1.165) is 0 Å². The van der Waals surface area contributed by atoms with E-state index in [4.69, 9.17) is 14.2 Å². The van der Waals surface area contributed by atoms with Gasteiger partial charge < -0.3 is 19.1 Å². The molecule has 0 unspecified atom stereocenters. The molecule has 33 heavy (non-hydrogen) atoms. The van der Waals surface area contributed by atoms with Gasteiger partial charge in [-0.15, -0.1) is 0 Å². The van der Waals surface area contributed by atoms with Gasteiger partial charge in [0.2, 0.25) is 12.0 Å². The molecule has 0 aromatic heterocycles. The minimum absolute atomic E-state index is 0.127. The van der Waals surface area contributed by atoms with Crippen molar-refractivity contribution < 1.29 is 28.6 Å². The monoisotopic (exact) mass is 451 g/mol. The van der Waals surface area contributed by atoms with E-state index < -0.39 is 12.1 Å². The number of anilines is 1. The molecule has 9 heteroatoms. The molecule has 2 atom stereocenters. The maximum atomic E-state index is 13.1. The summed E-state index contributed by atoms with van der Waals surface area (Å²) >= 11 is 0. The molecule has 3 aliphatic heterocycles. The number of amides is 3. The Balaban J connectivity index is 1.19. The van der Waals surface area contributed by atoms with Crippen LogP contribution in [-0.4, -0.2) is 79.6 Å². The van der Waals surface area contributed by atoms with Gasteiger partial charge in [0.05, 0.1) is 25.3 Å². The van der Waals surface area contributed by atoms with Crippen LogP contribution in [0.25, 0.3) is 0 Å². The van der Waals surface area contributed by atoms with E-state index in [1.54, 1.807) is 42.3 Å². The average molecular weight is 451 g/mol. The number of piperazine rings is 1. The number of imide groups is 1. The molecule has 0 N–H and O–H groups in total. The molecule has 2 saturated heterocycles. The fourth-order valence-corrected chi connectivity index (χ4v) is 4.50. The second-order valence-electron chi connectivity index (χ2n) is 8.21. The molecule has 3 amide bonds. The maximum Gasteiger partial charge on any atom is 0.267 e. The van der Waals surface area contributed by atoms with E-state index >= 15 is 0 Å². The highest BCUT2D eigenvalue weighted by molar-refractivity contribution is 6.22. The zero-order valence-corrected chi connectivity index (χ0v) is 18.3. The molecule has 0 aliphatic carbocycles. The van der Waals surface area contributed by atoms with E-state index in [2.05, 4.69) is 0 Å². The van der Waals surface area contributed by atoms with Crippen LogP contribution in [0.1, 0.15) is 6.42 Å². The highest BCUT2D eigenvalue weighted by atomic mass is 16.6. The average Bonchev–Trinajstić information content (AvgIpc) is 3.17. The normalized spacial score (nSPS) is 23.1. The Kier molecular flexibility index (Phi) is 5.63. The zero-order valence-electron chi connectivity index (χ0n) is 18.3. The van der Waals surface area contributed by atoms with Crippen molar-refractivity contribution in [3.05, 3.63) is 48.5 Å². The smallest absolute Gasteiger partial charge is 0.267 e. The summed E-state index contributed by atoms with van der Waals surface area (Å²) < 4.78 is 16.7. The van der Waals surface area contributed by atoms with Gasteiger partial charge in [-0.2, -0.15) is 0 Å². The third-order valence-electron chi connectivity index (χ3n) is 6.30. The first-order valence-corrected chi connectivity index (χ1v) is 11.0. The van der Waals surface area contributed by atoms with Crippen molar-refractivity contribution in [2.24, 2.45) is 0 Å². The lowest BCUT2D eigenvalue weighted by Crippen LogP contribution is -2.57. The van der Waals surface area contributed by atoms with Crippen molar-refractivity contribution in [1.82, 2.24) is 9.80 Å². The van der Waals surface area contributed by atoms with Crippen molar-refractivity contribution in [3.63, 3.8) is 0 Å². The number of methoxy groups -OCH3 is 1. The molecular formula is C24H25N3O6. The van der Waals surface area contributed by atoms with Crippen LogP contribution in [-0.2, 0) is 14.4 Å². The number of rotatable bonds is 4. The van der Waals surface area contributed by atoms with Gasteiger partial charge in [0.15, 0.2) is 11.5 Å². The van der Waals surface area contributed by atoms with E-state index in [1.165, 1.54) is 4.90 Å². The van der Waals surface area contributed by atoms with Crippen molar-refractivity contribution >= 4 is 23.4 Å². The maximum absolute atomic E-state index is 13.1. The third kappa shape index (κ3) is 4.00. The van der Waals surface area contributed by atoms with Gasteiger partial charge in [0.1, 0.15) is 12.4 Å². The predicted molar refractivity (Wildman–Crippen MR) is 118 cm³/mol. The Morgan fingerprint density at radius 2 is 1.67 bits per heavy atom. The number of nitrogens with zero attached hydrogens (tertiary/aromatic N) is 3. The highest BCUT2D eigenvalue weighted by Crippen LogP contribution is 2.32. The quantitative estimate of drug-likeness (QED) is 0.648. The fourth-order valence-electron chi connectivity index (χ4n) is 4.50. The first kappa shape index (κ1) is 21.3. The summed E-state index contributed by atoms with van der Waals surface area (Å²) in [4.78, 5) is 43.6. The fraction of sp³-hybridized carbons (Fsp3) is 0.375. The first-order chi connectivity index (χ1) is 16.0. The Morgan fingerprint density at radius 1 is 0.970 bits per heavy atom. The summed E-state index contributed by atoms with van der Waals surface area (Å²) in [5.74, 6) is 1.28. The minimum Gasteiger partial charge on any atom is -0.497 e. The van der Waals surface area contributed by atoms with Crippen LogP contribution in [0.3, 0.4) is 0 Å². The van der Waals surface area contributed by atoms with Crippen LogP contribution >= 0.6 is 0 Å². The van der Waals surface area contributed by atoms with E-state index in [0.29, 0.717) is 49.1 Å². The number of hydrogen-bond acceptors (Lipinski definition) is 7. The van der Waals surface area contributed by atoms with Crippen LogP contribution < -0.4 is 19.1 Å². The topological polar surface area (TPSA) is 88.6 Å². The Morgan fingerprint density at radius 3 is 2.36 bits per heavy atom. The van der Waals surface area contributed by atoms with Gasteiger partial charge in [0, 0.05) is 26.2 Å². The molecule has 0 radical (unpaired) electrons. The second-order valence-corrected chi connectivity index (χ2v) is 8.21. The number of carbonyl (C=O) groups is 3. The molecular weight excluding hydrogens is 426 g/mol. The van der Waals surface area contributed by atoms with Gasteiger partial charge in [0.25, 0.3) is 11.8 Å². The Hall–Kier alpha value is -3.59. The largest absolute Gasteiger partial charge is 0.497 e. The van der Waals surface area contributed by atoms with Gasteiger partial charge in [-0.1, -0.05) is 12.1 Å². The molecule has 0 spiro atoms. The Bertz CT molecular complexity index is 1060. The first-order valence-electron chi connectivity index (χ1n) is 11.0. The molecule has 172 valence electrons. The molecule has 9 nitrogen and oxygen atoms in total. The number of ether oxygens (including phenoxy) is 3. The lowest BCUT2D eigenvalue weighted by molar-refractivity contribution is -0.143. The lowest BCUT2D eigenvalue weighted by atomic mass is 10.1. The SMILES string of the molecule is COc1ccc(N2C(=O)C[C@H](N3CCN(C(=O)[C@@H]4COc5ccccc5O4)CC3)C2=O)cc1. The standard InChI is InChI=1S/C24H25N3O6/c1-31-17-8-6-16(7-9-17)27-22(28)14-18(23(27)29)25-10-12-26(13-11-25)24(30)21-15-32-19-4-2-3-5-20(19)33-21/h2-9,18,21H,10-15H2,1H3/t18-,21-/m0/s1. The van der Waals surface area contributed by atoms with Crippen LogP contribution in [0.5, 0.6) is 17.2 Å². The molecule has 2 aromatic carbocycles. The van der Waals surface area contributed by atoms with E-state index in [1.807, 2.05) is 23.1 Å². The summed E-state index contributed by atoms with van der Waals surface area (Å²) in [6, 6.07) is 13.6. The Labute approximate surface area is 191 Å². The molecule has 3 heterocycles. The number of fused-ring (bicyclic) bond motifs is 1. The van der Waals surface area contributed by atoms with Crippen molar-refractivity contribution in [1.29, 1.82) is 0 Å². The van der Waals surface area contributed by atoms with Crippen molar-refractivity contribution in [2.75, 3.05) is 44.8 Å². The van der Waals surface area contributed by atoms with Gasteiger partial charge in [-0.25, -0.2) is 4.90 Å². The summed E-state index contributed by atoms with van der Waals surface area (Å²) in [6.45, 7) is 2.11. The number of benzene rings is 2. The minimum atomic E-state index is -0.688. The summed E-state index contributed by atoms with van der Waals surface area (Å²) in [5.41, 5.74) is 0.539. The highest BCUT2D eigenvalue weighted by Gasteiger charge is 2.44. The van der Waals surface area contributed by atoms with Crippen LogP contribution in [0, 0.1) is 0 Å². The molecule has 2 aromatic rings. The van der Waals surface area contributed by atoms with Crippen molar-refractivity contribution in [3.8, 4) is 17.2 Å². The molecule has 2 fully saturated rings. The van der Waals surface area contributed by atoms with Crippen LogP contribution in [0.4, 0.5) is 5.69 Å². The molecule has 0 saturated carbocycles. The van der Waals surface area contributed by atoms with Gasteiger partial charge >= 0.3 is 0 Å². The van der Waals surface area contributed by atoms with E-state index in [-0.39, 0.29) is 30.7 Å². The van der Waals surface area contributed by atoms with Crippen LogP contribution in [0.15, 0.2) is 48.5 Å². The van der Waals surface area contributed by atoms with Crippen LogP contribution in [0.2, 0.25) is 0 Å². The summed E-state index contributed by atoms with van der Waals surface area (Å²) in [6.07, 6.45) is -0.554. The zero-order chi connectivity index (χ0) is 22.9. The number of para-hydroxylation sites is 2. The number of hydrogen-bond donors (Lipinski definition) is 0.